The molecule has 0 fully saturated rings. The summed E-state index contributed by atoms with van der Waals surface area (Å²) in [6, 6.07) is 11.1. The highest BCUT2D eigenvalue weighted by Gasteiger charge is 2.15. The van der Waals surface area contributed by atoms with Crippen LogP contribution in [0, 0.1) is 0 Å². The number of allylic oxidation sites excluding steroid dienone is 5. The molecule has 0 aliphatic heterocycles. The molecule has 0 aromatic heterocycles. The number of carbonyl (C=O) groups is 1. The van der Waals surface area contributed by atoms with Crippen molar-refractivity contribution < 1.29 is 13.9 Å². The highest BCUT2D eigenvalue weighted by Crippen LogP contribution is 2.34. The fourth-order valence-corrected chi connectivity index (χ4v) is 2.65. The monoisotopic (exact) mass is 367 g/mol. The normalized spacial score (nSPS) is 13.2. The number of aliphatic imine (C=N–C) groups is 1. The van der Waals surface area contributed by atoms with E-state index >= 15 is 0 Å². The van der Waals surface area contributed by atoms with Crippen molar-refractivity contribution in [3.8, 4) is 0 Å². The molecule has 0 atom stereocenters. The Morgan fingerprint density at radius 2 is 2.00 bits per heavy atom. The second kappa shape index (κ2) is 9.33. The molecule has 0 heterocycles. The maximum absolute atomic E-state index is 14.4. The van der Waals surface area contributed by atoms with Gasteiger partial charge in [-0.05, 0) is 34.6 Å². The van der Waals surface area contributed by atoms with E-state index in [0.29, 0.717) is 23.3 Å². The molecular formula is C21H22FN3O2. The largest absolute Gasteiger partial charge is 0.501 e. The number of aldehydes is 1. The number of methoxy groups -OCH3 is 1. The van der Waals surface area contributed by atoms with Crippen LogP contribution in [0.1, 0.15) is 22.3 Å². The Morgan fingerprint density at radius 3 is 2.63 bits per heavy atom. The van der Waals surface area contributed by atoms with Crippen molar-refractivity contribution in [1.29, 1.82) is 0 Å². The lowest BCUT2D eigenvalue weighted by Crippen LogP contribution is -2.21. The number of rotatable bonds is 3. The van der Waals surface area contributed by atoms with Crippen LogP contribution in [0.4, 0.5) is 4.39 Å². The zero-order chi connectivity index (χ0) is 19.8. The average Bonchev–Trinajstić information content (AvgIpc) is 2.88. The molecule has 5 nitrogen and oxygen atoms in total. The lowest BCUT2D eigenvalue weighted by Gasteiger charge is -2.13. The SMILES string of the molecule is CN=C(N)N.COC1=CC=CC(F)=C(c2cccc3ccc(C=O)cc23)C1. The minimum absolute atomic E-state index is 0.130. The number of hydrogen-bond acceptors (Lipinski definition) is 3. The molecule has 0 spiro atoms. The standard InChI is InChI=1S/C19H15FO2.C2H7N3/c1-22-15-5-3-7-19(20)18(11-15)16-6-2-4-14-9-8-13(12-21)10-17(14)16;1-5-2(3)4/h2-10,12H,11H2,1H3;1H3,(H4,3,4,5). The first-order valence-corrected chi connectivity index (χ1v) is 8.26. The van der Waals surface area contributed by atoms with Crippen LogP contribution in [-0.2, 0) is 4.74 Å². The minimum Gasteiger partial charge on any atom is -0.501 e. The molecule has 1 aliphatic rings. The lowest BCUT2D eigenvalue weighted by atomic mass is 9.94. The van der Waals surface area contributed by atoms with Crippen LogP contribution in [-0.4, -0.2) is 26.4 Å². The molecule has 0 radical (unpaired) electrons. The molecule has 140 valence electrons. The van der Waals surface area contributed by atoms with E-state index in [1.165, 1.54) is 13.1 Å². The van der Waals surface area contributed by atoms with Gasteiger partial charge in [-0.2, -0.15) is 0 Å². The summed E-state index contributed by atoms with van der Waals surface area (Å²) in [7, 11) is 3.11. The zero-order valence-corrected chi connectivity index (χ0v) is 15.3. The summed E-state index contributed by atoms with van der Waals surface area (Å²) in [6.45, 7) is 0. The Morgan fingerprint density at radius 1 is 1.26 bits per heavy atom. The van der Waals surface area contributed by atoms with Gasteiger partial charge in [0.25, 0.3) is 0 Å². The summed E-state index contributed by atoms with van der Waals surface area (Å²) in [5.41, 5.74) is 11.6. The van der Waals surface area contributed by atoms with Gasteiger partial charge in [-0.25, -0.2) is 4.39 Å². The van der Waals surface area contributed by atoms with E-state index in [0.717, 1.165) is 22.6 Å². The van der Waals surface area contributed by atoms with Gasteiger partial charge in [0.05, 0.1) is 7.11 Å². The molecule has 2 aromatic rings. The molecule has 27 heavy (non-hydrogen) atoms. The smallest absolute Gasteiger partial charge is 0.185 e. The summed E-state index contributed by atoms with van der Waals surface area (Å²) in [5.74, 6) is 0.541. The predicted molar refractivity (Wildman–Crippen MR) is 108 cm³/mol. The van der Waals surface area contributed by atoms with E-state index in [1.807, 2.05) is 24.3 Å². The summed E-state index contributed by atoms with van der Waals surface area (Å²) < 4.78 is 19.7. The first-order valence-electron chi connectivity index (χ1n) is 8.26. The van der Waals surface area contributed by atoms with Gasteiger partial charge in [0.1, 0.15) is 17.9 Å². The highest BCUT2D eigenvalue weighted by atomic mass is 19.1. The van der Waals surface area contributed by atoms with Crippen LogP contribution in [0.2, 0.25) is 0 Å². The van der Waals surface area contributed by atoms with Crippen molar-refractivity contribution >= 4 is 28.6 Å². The molecule has 0 amide bonds. The first kappa shape index (κ1) is 19.9. The Labute approximate surface area is 157 Å². The van der Waals surface area contributed by atoms with Crippen molar-refractivity contribution in [2.24, 2.45) is 16.5 Å². The molecule has 0 bridgehead atoms. The van der Waals surface area contributed by atoms with E-state index in [1.54, 1.807) is 31.4 Å². The summed E-state index contributed by atoms with van der Waals surface area (Å²) in [5, 5.41) is 1.84. The number of carbonyl (C=O) groups excluding carboxylic acids is 1. The number of guanidine groups is 1. The molecule has 2 aromatic carbocycles. The first-order chi connectivity index (χ1) is 13.0. The van der Waals surface area contributed by atoms with Crippen LogP contribution in [0.15, 0.2) is 71.2 Å². The van der Waals surface area contributed by atoms with Crippen molar-refractivity contribution in [2.75, 3.05) is 14.2 Å². The molecule has 0 unspecified atom stereocenters. The van der Waals surface area contributed by atoms with Crippen molar-refractivity contribution in [3.05, 3.63) is 77.3 Å². The summed E-state index contributed by atoms with van der Waals surface area (Å²) >= 11 is 0. The lowest BCUT2D eigenvalue weighted by molar-refractivity contribution is 0.112. The molecule has 1 aliphatic carbocycles. The Kier molecular flexibility index (Phi) is 6.88. The second-order valence-electron chi connectivity index (χ2n) is 5.75. The number of halogens is 1. The summed E-state index contributed by atoms with van der Waals surface area (Å²) in [4.78, 5) is 14.4. The van der Waals surface area contributed by atoms with Gasteiger partial charge in [0.2, 0.25) is 0 Å². The third kappa shape index (κ3) is 5.04. The number of ether oxygens (including phenoxy) is 1. The van der Waals surface area contributed by atoms with E-state index in [9.17, 15) is 9.18 Å². The van der Waals surface area contributed by atoms with E-state index in [-0.39, 0.29) is 11.8 Å². The van der Waals surface area contributed by atoms with E-state index in [2.05, 4.69) is 4.99 Å². The van der Waals surface area contributed by atoms with Crippen LogP contribution in [0.3, 0.4) is 0 Å². The number of benzene rings is 2. The fourth-order valence-electron chi connectivity index (χ4n) is 2.65. The second-order valence-corrected chi connectivity index (χ2v) is 5.75. The van der Waals surface area contributed by atoms with Gasteiger partial charge in [0, 0.05) is 24.6 Å². The van der Waals surface area contributed by atoms with Gasteiger partial charge in [-0.3, -0.25) is 9.79 Å². The summed E-state index contributed by atoms with van der Waals surface area (Å²) in [6.07, 6.45) is 6.01. The topological polar surface area (TPSA) is 90.7 Å². The Balaban J connectivity index is 0.000000465. The zero-order valence-electron chi connectivity index (χ0n) is 15.3. The van der Waals surface area contributed by atoms with Crippen LogP contribution >= 0.6 is 0 Å². The Bertz CT molecular complexity index is 955. The van der Waals surface area contributed by atoms with Crippen molar-refractivity contribution in [3.63, 3.8) is 0 Å². The fraction of sp³-hybridized carbons (Fsp3) is 0.143. The van der Waals surface area contributed by atoms with Gasteiger partial charge < -0.3 is 16.2 Å². The molecule has 0 saturated carbocycles. The van der Waals surface area contributed by atoms with Crippen molar-refractivity contribution in [1.82, 2.24) is 0 Å². The number of nitrogens with zero attached hydrogens (tertiary/aromatic N) is 1. The van der Waals surface area contributed by atoms with Crippen LogP contribution < -0.4 is 11.5 Å². The maximum Gasteiger partial charge on any atom is 0.185 e. The van der Waals surface area contributed by atoms with Crippen LogP contribution in [0.5, 0.6) is 0 Å². The molecular weight excluding hydrogens is 345 g/mol. The minimum atomic E-state index is -0.285. The van der Waals surface area contributed by atoms with Gasteiger partial charge in [-0.15, -0.1) is 0 Å². The number of nitrogens with two attached hydrogens (primary N) is 2. The van der Waals surface area contributed by atoms with Crippen molar-refractivity contribution in [2.45, 2.75) is 6.42 Å². The number of hydrogen-bond donors (Lipinski definition) is 2. The quantitative estimate of drug-likeness (QED) is 0.491. The third-order valence-electron chi connectivity index (χ3n) is 4.05. The third-order valence-corrected chi connectivity index (χ3v) is 4.05. The molecule has 6 heteroatoms. The Hall–Kier alpha value is -3.41. The number of fused-ring (bicyclic) bond motifs is 1. The van der Waals surface area contributed by atoms with Crippen LogP contribution in [0.25, 0.3) is 16.3 Å². The maximum atomic E-state index is 14.4. The molecule has 3 rings (SSSR count). The van der Waals surface area contributed by atoms with Gasteiger partial charge in [-0.1, -0.05) is 36.4 Å². The predicted octanol–water partition coefficient (Wildman–Crippen LogP) is 3.71. The highest BCUT2D eigenvalue weighted by molar-refractivity contribution is 5.97. The van der Waals surface area contributed by atoms with Gasteiger partial charge in [0.15, 0.2) is 5.96 Å². The average molecular weight is 367 g/mol. The van der Waals surface area contributed by atoms with E-state index in [4.69, 9.17) is 16.2 Å². The van der Waals surface area contributed by atoms with E-state index < -0.39 is 0 Å². The van der Waals surface area contributed by atoms with Gasteiger partial charge >= 0.3 is 0 Å². The molecule has 0 saturated heterocycles. The molecule has 4 N–H and O–H groups in total.